The molecule has 2 aromatic rings. The summed E-state index contributed by atoms with van der Waals surface area (Å²) in [6.45, 7) is 0.963. The van der Waals surface area contributed by atoms with E-state index in [1.165, 1.54) is 36.8 Å². The Balaban J connectivity index is 1.50. The molecule has 0 spiro atoms. The third-order valence-corrected chi connectivity index (χ3v) is 4.29. The minimum atomic E-state index is 0.767. The standard InChI is InChI=1S/C15H19N3/c1-2-8-18-14(3-1)13(10-17-18)9-16-15(11-4-5-11)12-6-7-12/h1-3,8,10-12,15-16H,4-7,9H2. The van der Waals surface area contributed by atoms with Gasteiger partial charge >= 0.3 is 0 Å². The minimum Gasteiger partial charge on any atom is -0.309 e. The first-order chi connectivity index (χ1) is 8.92. The van der Waals surface area contributed by atoms with Crippen molar-refractivity contribution in [3.05, 3.63) is 36.2 Å². The van der Waals surface area contributed by atoms with Gasteiger partial charge in [0.05, 0.1) is 11.7 Å². The van der Waals surface area contributed by atoms with Crippen molar-refractivity contribution in [2.45, 2.75) is 38.3 Å². The monoisotopic (exact) mass is 241 g/mol. The molecule has 2 aliphatic carbocycles. The average Bonchev–Trinajstić information content (AvgIpc) is 3.29. The molecule has 1 N–H and O–H groups in total. The van der Waals surface area contributed by atoms with Crippen LogP contribution in [0.4, 0.5) is 0 Å². The van der Waals surface area contributed by atoms with E-state index in [9.17, 15) is 0 Å². The number of hydrogen-bond acceptors (Lipinski definition) is 2. The van der Waals surface area contributed by atoms with Gasteiger partial charge in [-0.2, -0.15) is 5.10 Å². The zero-order valence-electron chi connectivity index (χ0n) is 10.5. The lowest BCUT2D eigenvalue weighted by molar-refractivity contribution is 0.416. The molecule has 0 aromatic carbocycles. The zero-order chi connectivity index (χ0) is 11.9. The van der Waals surface area contributed by atoms with E-state index in [0.717, 1.165) is 24.4 Å². The number of fused-ring (bicyclic) bond motifs is 1. The predicted octanol–water partition coefficient (Wildman–Crippen LogP) is 2.61. The molecule has 3 nitrogen and oxygen atoms in total. The molecule has 4 rings (SSSR count). The van der Waals surface area contributed by atoms with E-state index in [1.807, 2.05) is 23.0 Å². The van der Waals surface area contributed by atoms with Crippen LogP contribution in [0.15, 0.2) is 30.6 Å². The summed E-state index contributed by atoms with van der Waals surface area (Å²) in [4.78, 5) is 0. The Hall–Kier alpha value is -1.35. The molecule has 0 amide bonds. The fraction of sp³-hybridized carbons (Fsp3) is 0.533. The van der Waals surface area contributed by atoms with Crippen molar-refractivity contribution in [3.8, 4) is 0 Å². The molecule has 2 aliphatic rings. The van der Waals surface area contributed by atoms with Crippen LogP contribution < -0.4 is 5.32 Å². The largest absolute Gasteiger partial charge is 0.309 e. The summed E-state index contributed by atoms with van der Waals surface area (Å²) < 4.78 is 1.96. The van der Waals surface area contributed by atoms with Gasteiger partial charge in [-0.15, -0.1) is 0 Å². The van der Waals surface area contributed by atoms with Crippen LogP contribution in [0, 0.1) is 11.8 Å². The van der Waals surface area contributed by atoms with E-state index >= 15 is 0 Å². The van der Waals surface area contributed by atoms with E-state index < -0.39 is 0 Å². The molecular formula is C15H19N3. The topological polar surface area (TPSA) is 29.3 Å². The number of rotatable bonds is 5. The molecule has 94 valence electrons. The molecule has 3 heteroatoms. The number of nitrogens with one attached hydrogen (secondary N) is 1. The number of nitrogens with zero attached hydrogens (tertiary/aromatic N) is 2. The Kier molecular flexibility index (Phi) is 2.40. The van der Waals surface area contributed by atoms with Crippen molar-refractivity contribution in [1.29, 1.82) is 0 Å². The van der Waals surface area contributed by atoms with Crippen LogP contribution in [0.5, 0.6) is 0 Å². The van der Waals surface area contributed by atoms with Gasteiger partial charge < -0.3 is 5.32 Å². The van der Waals surface area contributed by atoms with E-state index in [0.29, 0.717) is 0 Å². The quantitative estimate of drug-likeness (QED) is 0.872. The summed E-state index contributed by atoms with van der Waals surface area (Å²) in [6.07, 6.45) is 9.75. The van der Waals surface area contributed by atoms with Crippen LogP contribution in [0.2, 0.25) is 0 Å². The van der Waals surface area contributed by atoms with Crippen molar-refractivity contribution < 1.29 is 0 Å². The highest BCUT2D eigenvalue weighted by atomic mass is 15.2. The number of hydrogen-bond donors (Lipinski definition) is 1. The van der Waals surface area contributed by atoms with Gasteiger partial charge in [0.25, 0.3) is 0 Å². The second-order valence-corrected chi connectivity index (χ2v) is 5.78. The summed E-state index contributed by atoms with van der Waals surface area (Å²) in [5, 5.41) is 8.18. The number of aromatic nitrogens is 2. The smallest absolute Gasteiger partial charge is 0.0706 e. The van der Waals surface area contributed by atoms with Crippen molar-refractivity contribution in [2.24, 2.45) is 11.8 Å². The first kappa shape index (κ1) is 10.6. The van der Waals surface area contributed by atoms with E-state index in [-0.39, 0.29) is 0 Å². The third-order valence-electron chi connectivity index (χ3n) is 4.29. The highest BCUT2D eigenvalue weighted by molar-refractivity contribution is 5.53. The van der Waals surface area contributed by atoms with Gasteiger partial charge in [0.15, 0.2) is 0 Å². The van der Waals surface area contributed by atoms with Gasteiger partial charge in [0.1, 0.15) is 0 Å². The first-order valence-electron chi connectivity index (χ1n) is 7.06. The van der Waals surface area contributed by atoms with Crippen molar-refractivity contribution >= 4 is 5.52 Å². The molecule has 18 heavy (non-hydrogen) atoms. The molecule has 2 aromatic heterocycles. The average molecular weight is 241 g/mol. The highest BCUT2D eigenvalue weighted by Crippen LogP contribution is 2.44. The van der Waals surface area contributed by atoms with E-state index in [2.05, 4.69) is 22.5 Å². The second-order valence-electron chi connectivity index (χ2n) is 5.78. The normalized spacial score (nSPS) is 19.8. The molecular weight excluding hydrogens is 222 g/mol. The first-order valence-corrected chi connectivity index (χ1v) is 7.06. The Labute approximate surface area is 107 Å². The van der Waals surface area contributed by atoms with Gasteiger partial charge in [-0.1, -0.05) is 6.07 Å². The maximum absolute atomic E-state index is 4.39. The lowest BCUT2D eigenvalue weighted by Crippen LogP contribution is -2.32. The van der Waals surface area contributed by atoms with E-state index in [4.69, 9.17) is 0 Å². The molecule has 0 bridgehead atoms. The zero-order valence-corrected chi connectivity index (χ0v) is 10.5. The molecule has 2 heterocycles. The highest BCUT2D eigenvalue weighted by Gasteiger charge is 2.40. The SMILES string of the molecule is c1ccn2ncc(CNC(C3CC3)C3CC3)c2c1. The van der Waals surface area contributed by atoms with Crippen LogP contribution in [0.3, 0.4) is 0 Å². The maximum atomic E-state index is 4.39. The van der Waals surface area contributed by atoms with Gasteiger partial charge in [0, 0.05) is 24.3 Å². The molecule has 0 radical (unpaired) electrons. The van der Waals surface area contributed by atoms with Crippen molar-refractivity contribution in [2.75, 3.05) is 0 Å². The lowest BCUT2D eigenvalue weighted by atomic mass is 10.1. The minimum absolute atomic E-state index is 0.767. The molecule has 0 saturated heterocycles. The lowest BCUT2D eigenvalue weighted by Gasteiger charge is -2.17. The molecule has 2 fully saturated rings. The van der Waals surface area contributed by atoms with Crippen LogP contribution in [-0.4, -0.2) is 15.7 Å². The molecule has 2 saturated carbocycles. The van der Waals surface area contributed by atoms with Crippen LogP contribution in [-0.2, 0) is 6.54 Å². The predicted molar refractivity (Wildman–Crippen MR) is 71.3 cm³/mol. The number of pyridine rings is 1. The Morgan fingerprint density at radius 1 is 1.22 bits per heavy atom. The van der Waals surface area contributed by atoms with E-state index in [1.54, 1.807) is 0 Å². The van der Waals surface area contributed by atoms with Crippen molar-refractivity contribution in [3.63, 3.8) is 0 Å². The molecule has 0 unspecified atom stereocenters. The summed E-state index contributed by atoms with van der Waals surface area (Å²) in [7, 11) is 0. The summed E-state index contributed by atoms with van der Waals surface area (Å²) in [5.41, 5.74) is 2.55. The summed E-state index contributed by atoms with van der Waals surface area (Å²) >= 11 is 0. The third kappa shape index (κ3) is 1.93. The second kappa shape index (κ2) is 4.09. The maximum Gasteiger partial charge on any atom is 0.0706 e. The van der Waals surface area contributed by atoms with Crippen LogP contribution in [0.25, 0.3) is 5.52 Å². The van der Waals surface area contributed by atoms with Crippen LogP contribution >= 0.6 is 0 Å². The molecule has 0 atom stereocenters. The fourth-order valence-electron chi connectivity index (χ4n) is 2.98. The van der Waals surface area contributed by atoms with Gasteiger partial charge in [-0.3, -0.25) is 0 Å². The summed E-state index contributed by atoms with van der Waals surface area (Å²) in [6, 6.07) is 7.02. The summed E-state index contributed by atoms with van der Waals surface area (Å²) in [5.74, 6) is 1.92. The van der Waals surface area contributed by atoms with Gasteiger partial charge in [-0.05, 0) is 49.7 Å². The van der Waals surface area contributed by atoms with Gasteiger partial charge in [0.2, 0.25) is 0 Å². The Morgan fingerprint density at radius 2 is 2.00 bits per heavy atom. The van der Waals surface area contributed by atoms with Crippen LogP contribution in [0.1, 0.15) is 31.2 Å². The Morgan fingerprint density at radius 3 is 2.72 bits per heavy atom. The Bertz CT molecular complexity index is 540. The van der Waals surface area contributed by atoms with Gasteiger partial charge in [-0.25, -0.2) is 4.52 Å². The molecule has 0 aliphatic heterocycles. The fourth-order valence-corrected chi connectivity index (χ4v) is 2.98. The van der Waals surface area contributed by atoms with Crippen molar-refractivity contribution in [1.82, 2.24) is 14.9 Å².